The van der Waals surface area contributed by atoms with E-state index in [0.717, 1.165) is 18.4 Å². The molecule has 0 amide bonds. The van der Waals surface area contributed by atoms with Crippen LogP contribution in [-0.2, 0) is 14.6 Å². The highest BCUT2D eigenvalue weighted by atomic mass is 79.9. The first-order valence-electron chi connectivity index (χ1n) is 5.27. The Morgan fingerprint density at radius 3 is 2.53 bits per heavy atom. The average molecular weight is 299 g/mol. The van der Waals surface area contributed by atoms with Gasteiger partial charge in [-0.15, -0.1) is 0 Å². The van der Waals surface area contributed by atoms with E-state index in [9.17, 15) is 8.42 Å². The second-order valence-electron chi connectivity index (χ2n) is 4.60. The lowest BCUT2D eigenvalue weighted by atomic mass is 9.87. The third kappa shape index (κ3) is 3.43. The van der Waals surface area contributed by atoms with Crippen LogP contribution in [0.4, 0.5) is 0 Å². The summed E-state index contributed by atoms with van der Waals surface area (Å²) in [5.41, 5.74) is 0.0436. The minimum absolute atomic E-state index is 0.0436. The summed E-state index contributed by atoms with van der Waals surface area (Å²) in [4.78, 5) is 0. The molecule has 1 aliphatic heterocycles. The molecule has 0 saturated carbocycles. The fourth-order valence-electron chi connectivity index (χ4n) is 1.61. The van der Waals surface area contributed by atoms with Crippen molar-refractivity contribution in [1.82, 2.24) is 0 Å². The lowest BCUT2D eigenvalue weighted by Crippen LogP contribution is -2.28. The van der Waals surface area contributed by atoms with E-state index in [1.54, 1.807) is 13.8 Å². The Balaban J connectivity index is 2.55. The fraction of sp³-hybridized carbons (Fsp3) is 1.00. The molecule has 0 aliphatic carbocycles. The molecule has 5 heteroatoms. The third-order valence-electron chi connectivity index (χ3n) is 3.10. The van der Waals surface area contributed by atoms with Gasteiger partial charge in [0.15, 0.2) is 9.84 Å². The molecule has 1 atom stereocenters. The number of rotatable bonds is 5. The van der Waals surface area contributed by atoms with Crippen molar-refractivity contribution in [3.63, 3.8) is 0 Å². The molecule has 0 N–H and O–H groups in total. The minimum Gasteiger partial charge on any atom is -0.381 e. The Bertz CT molecular complexity index is 292. The maximum absolute atomic E-state index is 11.7. The molecule has 3 nitrogen and oxygen atoms in total. The van der Waals surface area contributed by atoms with Crippen molar-refractivity contribution in [1.29, 1.82) is 0 Å². The lowest BCUT2D eigenvalue weighted by molar-refractivity contribution is 0.160. The summed E-state index contributed by atoms with van der Waals surface area (Å²) < 4.78 is 28.7. The highest BCUT2D eigenvalue weighted by molar-refractivity contribution is 9.09. The molecule has 0 spiro atoms. The van der Waals surface area contributed by atoms with Crippen LogP contribution in [0.15, 0.2) is 0 Å². The van der Waals surface area contributed by atoms with Gasteiger partial charge < -0.3 is 4.74 Å². The summed E-state index contributed by atoms with van der Waals surface area (Å²) in [6, 6.07) is 0. The number of ether oxygens (including phenoxy) is 1. The first-order valence-corrected chi connectivity index (χ1v) is 8.11. The van der Waals surface area contributed by atoms with Crippen molar-refractivity contribution in [3.05, 3.63) is 0 Å². The zero-order valence-electron chi connectivity index (χ0n) is 9.33. The van der Waals surface area contributed by atoms with Gasteiger partial charge in [-0.3, -0.25) is 0 Å². The molecule has 0 radical (unpaired) electrons. The van der Waals surface area contributed by atoms with Gasteiger partial charge >= 0.3 is 0 Å². The van der Waals surface area contributed by atoms with Crippen LogP contribution in [0.5, 0.6) is 0 Å². The quantitative estimate of drug-likeness (QED) is 0.729. The predicted octanol–water partition coefficient (Wildman–Crippen LogP) is 2.00. The molecule has 1 fully saturated rings. The third-order valence-corrected chi connectivity index (χ3v) is 6.50. The van der Waals surface area contributed by atoms with Gasteiger partial charge in [-0.25, -0.2) is 8.42 Å². The van der Waals surface area contributed by atoms with Gasteiger partial charge in [0.1, 0.15) is 0 Å². The standard InChI is InChI=1S/C10H19BrO3S/c1-9(2)15(12,13)6-4-10(7-11)3-5-14-8-10/h9H,3-8H2,1-2H3. The molecule has 1 heterocycles. The molecule has 1 unspecified atom stereocenters. The monoisotopic (exact) mass is 298 g/mol. The number of hydrogen-bond donors (Lipinski definition) is 0. The van der Waals surface area contributed by atoms with E-state index in [0.29, 0.717) is 13.0 Å². The van der Waals surface area contributed by atoms with Crippen molar-refractivity contribution >= 4 is 25.8 Å². The number of hydrogen-bond acceptors (Lipinski definition) is 3. The van der Waals surface area contributed by atoms with Gasteiger partial charge in [-0.05, 0) is 26.7 Å². The van der Waals surface area contributed by atoms with Crippen LogP contribution in [0, 0.1) is 5.41 Å². The van der Waals surface area contributed by atoms with Crippen LogP contribution < -0.4 is 0 Å². The molecule has 1 rings (SSSR count). The van der Waals surface area contributed by atoms with E-state index in [2.05, 4.69) is 15.9 Å². The van der Waals surface area contributed by atoms with Crippen molar-refractivity contribution < 1.29 is 13.2 Å². The van der Waals surface area contributed by atoms with E-state index in [-0.39, 0.29) is 16.4 Å². The molecule has 0 aromatic rings. The molecular weight excluding hydrogens is 280 g/mol. The molecule has 90 valence electrons. The Morgan fingerprint density at radius 2 is 2.13 bits per heavy atom. The van der Waals surface area contributed by atoms with E-state index in [4.69, 9.17) is 4.74 Å². The summed E-state index contributed by atoms with van der Waals surface area (Å²) in [7, 11) is -2.91. The van der Waals surface area contributed by atoms with Crippen LogP contribution >= 0.6 is 15.9 Å². The zero-order valence-corrected chi connectivity index (χ0v) is 11.7. The summed E-state index contributed by atoms with van der Waals surface area (Å²) in [5, 5.41) is 0.556. The smallest absolute Gasteiger partial charge is 0.152 e. The van der Waals surface area contributed by atoms with Crippen molar-refractivity contribution in [2.45, 2.75) is 31.9 Å². The number of sulfone groups is 1. The molecular formula is C10H19BrO3S. The highest BCUT2D eigenvalue weighted by Crippen LogP contribution is 2.34. The normalized spacial score (nSPS) is 27.5. The average Bonchev–Trinajstić information content (AvgIpc) is 2.64. The Kier molecular flexibility index (Phi) is 4.62. The maximum atomic E-state index is 11.7. The molecule has 1 saturated heterocycles. The van der Waals surface area contributed by atoms with Crippen LogP contribution in [-0.4, -0.2) is 38.0 Å². The minimum atomic E-state index is -2.91. The topological polar surface area (TPSA) is 43.4 Å². The maximum Gasteiger partial charge on any atom is 0.152 e. The second-order valence-corrected chi connectivity index (χ2v) is 7.84. The van der Waals surface area contributed by atoms with Crippen molar-refractivity contribution in [2.24, 2.45) is 5.41 Å². The second kappa shape index (κ2) is 5.15. The molecule has 1 aliphatic rings. The summed E-state index contributed by atoms with van der Waals surface area (Å²) in [6.07, 6.45) is 1.67. The van der Waals surface area contributed by atoms with Gasteiger partial charge in [-0.1, -0.05) is 15.9 Å². The number of alkyl halides is 1. The van der Waals surface area contributed by atoms with E-state index in [1.807, 2.05) is 0 Å². The van der Waals surface area contributed by atoms with Crippen LogP contribution in [0.25, 0.3) is 0 Å². The summed E-state index contributed by atoms with van der Waals surface area (Å²) in [5.74, 6) is 0.277. The molecule has 0 bridgehead atoms. The SMILES string of the molecule is CC(C)S(=O)(=O)CCC1(CBr)CCOC1. The summed E-state index contributed by atoms with van der Waals surface area (Å²) >= 11 is 3.46. The number of halogens is 1. The van der Waals surface area contributed by atoms with Crippen LogP contribution in [0.2, 0.25) is 0 Å². The Morgan fingerprint density at radius 1 is 1.47 bits per heavy atom. The van der Waals surface area contributed by atoms with Gasteiger partial charge in [0.25, 0.3) is 0 Å². The lowest BCUT2D eigenvalue weighted by Gasteiger charge is -2.24. The predicted molar refractivity (Wildman–Crippen MR) is 65.2 cm³/mol. The molecule has 0 aromatic carbocycles. The highest BCUT2D eigenvalue weighted by Gasteiger charge is 2.35. The first kappa shape index (κ1) is 13.5. The van der Waals surface area contributed by atoms with Crippen molar-refractivity contribution in [3.8, 4) is 0 Å². The Labute approximate surface area is 101 Å². The van der Waals surface area contributed by atoms with E-state index >= 15 is 0 Å². The van der Waals surface area contributed by atoms with E-state index in [1.165, 1.54) is 0 Å². The Hall–Kier alpha value is 0.390. The van der Waals surface area contributed by atoms with Crippen LogP contribution in [0.1, 0.15) is 26.7 Å². The van der Waals surface area contributed by atoms with E-state index < -0.39 is 9.84 Å². The van der Waals surface area contributed by atoms with Gasteiger partial charge in [0.05, 0.1) is 17.6 Å². The van der Waals surface area contributed by atoms with Gasteiger partial charge in [0, 0.05) is 17.4 Å². The molecule has 15 heavy (non-hydrogen) atoms. The first-order chi connectivity index (χ1) is 6.92. The van der Waals surface area contributed by atoms with Gasteiger partial charge in [0.2, 0.25) is 0 Å². The zero-order chi connectivity index (χ0) is 11.5. The summed E-state index contributed by atoms with van der Waals surface area (Å²) in [6.45, 7) is 4.92. The molecule has 0 aromatic heterocycles. The van der Waals surface area contributed by atoms with Crippen molar-refractivity contribution in [2.75, 3.05) is 24.3 Å². The van der Waals surface area contributed by atoms with Gasteiger partial charge in [-0.2, -0.15) is 0 Å². The largest absolute Gasteiger partial charge is 0.381 e. The fourth-order valence-corrected chi connectivity index (χ4v) is 3.52. The van der Waals surface area contributed by atoms with Crippen LogP contribution in [0.3, 0.4) is 0 Å².